The van der Waals surface area contributed by atoms with E-state index in [4.69, 9.17) is 4.74 Å². The minimum atomic E-state index is 0.395. The van der Waals surface area contributed by atoms with Gasteiger partial charge in [-0.2, -0.15) is 5.10 Å². The Kier molecular flexibility index (Phi) is 3.45. The van der Waals surface area contributed by atoms with Gasteiger partial charge in [-0.15, -0.1) is 0 Å². The number of aromatic amines is 1. The average Bonchev–Trinajstić information content (AvgIpc) is 3.28. The van der Waals surface area contributed by atoms with Crippen molar-refractivity contribution in [3.8, 4) is 11.3 Å². The van der Waals surface area contributed by atoms with Gasteiger partial charge >= 0.3 is 0 Å². The van der Waals surface area contributed by atoms with E-state index < -0.39 is 0 Å². The second kappa shape index (κ2) is 5.77. The lowest BCUT2D eigenvalue weighted by molar-refractivity contribution is 0.438. The molecule has 1 fully saturated rings. The second-order valence-corrected chi connectivity index (χ2v) is 5.58. The number of hydrogen-bond donors (Lipinski definition) is 2. The summed E-state index contributed by atoms with van der Waals surface area (Å²) in [7, 11) is 0. The van der Waals surface area contributed by atoms with Gasteiger partial charge in [-0.3, -0.25) is 5.10 Å². The highest BCUT2D eigenvalue weighted by molar-refractivity contribution is 5.85. The van der Waals surface area contributed by atoms with Crippen molar-refractivity contribution in [1.82, 2.24) is 25.1 Å². The lowest BCUT2D eigenvalue weighted by atomic mass is 10.1. The van der Waals surface area contributed by atoms with Crippen LogP contribution in [0.3, 0.4) is 0 Å². The van der Waals surface area contributed by atoms with Crippen molar-refractivity contribution in [3.63, 3.8) is 0 Å². The molecule has 4 rings (SSSR count). The van der Waals surface area contributed by atoms with Crippen molar-refractivity contribution in [2.75, 3.05) is 5.32 Å². The molecule has 0 radical (unpaired) electrons. The maximum absolute atomic E-state index is 5.33. The van der Waals surface area contributed by atoms with Crippen molar-refractivity contribution in [1.29, 1.82) is 0 Å². The number of pyridine rings is 1. The topological polar surface area (TPSA) is 88.6 Å². The highest BCUT2D eigenvalue weighted by Gasteiger charge is 2.22. The molecule has 0 atom stereocenters. The Hall–Kier alpha value is -3.22. The number of nitrogens with zero attached hydrogens (tertiary/aromatic N) is 4. The average molecular weight is 320 g/mol. The molecule has 0 unspecified atom stereocenters. The highest BCUT2D eigenvalue weighted by Crippen LogP contribution is 2.30. The third-order valence-electron chi connectivity index (χ3n) is 3.76. The molecular weight excluding hydrogens is 304 g/mol. The summed E-state index contributed by atoms with van der Waals surface area (Å²) < 4.78 is 5.33. The molecule has 2 N–H and O–H groups in total. The molecule has 7 heteroatoms. The van der Waals surface area contributed by atoms with Crippen LogP contribution < -0.4 is 5.32 Å². The second-order valence-electron chi connectivity index (χ2n) is 5.58. The summed E-state index contributed by atoms with van der Waals surface area (Å²) in [4.78, 5) is 13.4. The molecule has 24 heavy (non-hydrogen) atoms. The maximum Gasteiger partial charge on any atom is 0.223 e. The summed E-state index contributed by atoms with van der Waals surface area (Å²) in [5.74, 6) is 1.01. The van der Waals surface area contributed by atoms with Crippen molar-refractivity contribution in [2.24, 2.45) is 0 Å². The van der Waals surface area contributed by atoms with E-state index in [0.29, 0.717) is 29.1 Å². The van der Waals surface area contributed by atoms with Gasteiger partial charge in [-0.25, -0.2) is 15.0 Å². The summed E-state index contributed by atoms with van der Waals surface area (Å²) in [6, 6.07) is 4.28. The van der Waals surface area contributed by atoms with E-state index in [1.54, 1.807) is 12.4 Å². The normalized spacial score (nSPS) is 13.7. The largest absolute Gasteiger partial charge is 0.464 e. The van der Waals surface area contributed by atoms with Crippen LogP contribution in [-0.4, -0.2) is 31.2 Å². The number of fused-ring (bicyclic) bond motifs is 1. The molecule has 1 saturated carbocycles. The van der Waals surface area contributed by atoms with E-state index in [-0.39, 0.29) is 0 Å². The van der Waals surface area contributed by atoms with E-state index >= 15 is 0 Å². The minimum Gasteiger partial charge on any atom is -0.464 e. The van der Waals surface area contributed by atoms with E-state index in [1.807, 2.05) is 12.1 Å². The Morgan fingerprint density at radius 1 is 1.38 bits per heavy atom. The van der Waals surface area contributed by atoms with Crippen LogP contribution in [0.4, 0.5) is 5.95 Å². The molecule has 3 aromatic rings. The van der Waals surface area contributed by atoms with Crippen LogP contribution in [0.25, 0.3) is 28.0 Å². The first-order valence-electron chi connectivity index (χ1n) is 7.65. The first-order chi connectivity index (χ1) is 11.7. The molecule has 0 spiro atoms. The lowest BCUT2D eigenvalue weighted by Crippen LogP contribution is -2.06. The van der Waals surface area contributed by atoms with Gasteiger partial charge in [-0.05, 0) is 25.0 Å². The number of rotatable bonds is 6. The summed E-state index contributed by atoms with van der Waals surface area (Å²) in [5.41, 5.74) is 2.79. The van der Waals surface area contributed by atoms with Gasteiger partial charge in [-0.1, -0.05) is 13.2 Å². The quantitative estimate of drug-likeness (QED) is 0.678. The maximum atomic E-state index is 5.33. The molecule has 1 aliphatic carbocycles. The Labute approximate surface area is 138 Å². The minimum absolute atomic E-state index is 0.395. The zero-order valence-electron chi connectivity index (χ0n) is 13.0. The molecule has 0 bridgehead atoms. The van der Waals surface area contributed by atoms with Crippen LogP contribution in [0.5, 0.6) is 0 Å². The first-order valence-corrected chi connectivity index (χ1v) is 7.65. The molecule has 120 valence electrons. The predicted octanol–water partition coefficient (Wildman–Crippen LogP) is 3.12. The van der Waals surface area contributed by atoms with E-state index in [1.165, 1.54) is 6.26 Å². The lowest BCUT2D eigenvalue weighted by Gasteiger charge is -2.11. The number of ether oxygens (including phenoxy) is 1. The third kappa shape index (κ3) is 2.71. The van der Waals surface area contributed by atoms with Crippen LogP contribution in [0.1, 0.15) is 18.5 Å². The fraction of sp³-hybridized carbons (Fsp3) is 0.176. The van der Waals surface area contributed by atoms with Gasteiger partial charge in [0.25, 0.3) is 0 Å². The third-order valence-corrected chi connectivity index (χ3v) is 3.76. The Morgan fingerprint density at radius 3 is 3.04 bits per heavy atom. The van der Waals surface area contributed by atoms with Crippen LogP contribution in [0, 0.1) is 0 Å². The van der Waals surface area contributed by atoms with E-state index in [2.05, 4.69) is 43.6 Å². The molecule has 0 aliphatic heterocycles. The molecule has 3 heterocycles. The zero-order valence-corrected chi connectivity index (χ0v) is 13.0. The van der Waals surface area contributed by atoms with Gasteiger partial charge in [0, 0.05) is 23.2 Å². The number of nitrogens with one attached hydrogen (secondary N) is 2. The van der Waals surface area contributed by atoms with Gasteiger partial charge in [0.05, 0.1) is 18.2 Å². The van der Waals surface area contributed by atoms with Crippen molar-refractivity contribution < 1.29 is 4.74 Å². The van der Waals surface area contributed by atoms with E-state index in [0.717, 1.165) is 29.5 Å². The Balaban J connectivity index is 1.82. The molecule has 0 aromatic carbocycles. The fourth-order valence-electron chi connectivity index (χ4n) is 2.43. The van der Waals surface area contributed by atoms with Crippen LogP contribution in [0.2, 0.25) is 0 Å². The van der Waals surface area contributed by atoms with Crippen LogP contribution >= 0.6 is 0 Å². The molecule has 0 amide bonds. The van der Waals surface area contributed by atoms with Crippen LogP contribution in [-0.2, 0) is 4.74 Å². The Bertz CT molecular complexity index is 928. The molecule has 3 aromatic heterocycles. The van der Waals surface area contributed by atoms with Crippen LogP contribution in [0.15, 0.2) is 43.9 Å². The summed E-state index contributed by atoms with van der Waals surface area (Å²) in [6.45, 7) is 7.49. The van der Waals surface area contributed by atoms with Crippen molar-refractivity contribution >= 4 is 22.7 Å². The summed E-state index contributed by atoms with van der Waals surface area (Å²) in [5, 5.41) is 11.1. The van der Waals surface area contributed by atoms with Gasteiger partial charge < -0.3 is 10.1 Å². The molecule has 7 nitrogen and oxygen atoms in total. The number of aromatic nitrogens is 5. The summed E-state index contributed by atoms with van der Waals surface area (Å²) in [6.07, 6.45) is 7.09. The van der Waals surface area contributed by atoms with Crippen molar-refractivity contribution in [2.45, 2.75) is 18.9 Å². The fourth-order valence-corrected chi connectivity index (χ4v) is 2.43. The zero-order chi connectivity index (χ0) is 16.5. The SMILES string of the molecule is C=COC(=C)c1nc2[nH]ncc2cc1-c1ccnc(NC2CC2)n1. The van der Waals surface area contributed by atoms with E-state index in [9.17, 15) is 0 Å². The molecule has 1 aliphatic rings. The number of anilines is 1. The summed E-state index contributed by atoms with van der Waals surface area (Å²) >= 11 is 0. The van der Waals surface area contributed by atoms with Gasteiger partial charge in [0.2, 0.25) is 5.95 Å². The smallest absolute Gasteiger partial charge is 0.223 e. The number of hydrogen-bond acceptors (Lipinski definition) is 6. The molecule has 0 saturated heterocycles. The predicted molar refractivity (Wildman–Crippen MR) is 91.9 cm³/mol. The Morgan fingerprint density at radius 2 is 2.25 bits per heavy atom. The number of H-pyrrole nitrogens is 1. The van der Waals surface area contributed by atoms with Gasteiger partial charge in [0.15, 0.2) is 5.65 Å². The van der Waals surface area contributed by atoms with Crippen molar-refractivity contribution in [3.05, 3.63) is 49.6 Å². The standard InChI is InChI=1S/C17H16N6O/c1-3-24-10(2)15-13(8-11-9-19-23-16(11)22-15)14-6-7-18-17(21-14)20-12-4-5-12/h3,6-9,12H,1-2,4-5H2,(H,18,20,21)(H,19,22,23). The van der Waals surface area contributed by atoms with Gasteiger partial charge in [0.1, 0.15) is 11.5 Å². The molecular formula is C17H16N6O. The highest BCUT2D eigenvalue weighted by atomic mass is 16.5. The monoisotopic (exact) mass is 320 g/mol. The first kappa shape index (κ1) is 14.4.